The lowest BCUT2D eigenvalue weighted by Crippen LogP contribution is -2.37. The molecule has 6 heteroatoms. The van der Waals surface area contributed by atoms with E-state index in [-0.39, 0.29) is 11.8 Å². The Morgan fingerprint density at radius 2 is 2.14 bits per heavy atom. The SMILES string of the molecule is CC(=O)N1CCC[C@@H](c2cnc(Nc3ccccn3)cn2)C1. The first-order valence-electron chi connectivity index (χ1n) is 7.48. The van der Waals surface area contributed by atoms with Gasteiger partial charge in [-0.05, 0) is 25.0 Å². The quantitative estimate of drug-likeness (QED) is 0.941. The van der Waals surface area contributed by atoms with Gasteiger partial charge in [0.15, 0.2) is 0 Å². The number of carbonyl (C=O) groups is 1. The first-order valence-corrected chi connectivity index (χ1v) is 7.48. The Bertz CT molecular complexity index is 629. The van der Waals surface area contributed by atoms with Gasteiger partial charge in [0.2, 0.25) is 5.91 Å². The second-order valence-electron chi connectivity index (χ2n) is 5.47. The number of anilines is 2. The molecular formula is C16H19N5O. The number of likely N-dealkylation sites (tertiary alicyclic amines) is 1. The van der Waals surface area contributed by atoms with Gasteiger partial charge < -0.3 is 10.2 Å². The highest BCUT2D eigenvalue weighted by molar-refractivity contribution is 5.73. The van der Waals surface area contributed by atoms with Gasteiger partial charge in [0.25, 0.3) is 0 Å². The van der Waals surface area contributed by atoms with Crippen molar-refractivity contribution in [3.05, 3.63) is 42.5 Å². The number of carbonyl (C=O) groups excluding carboxylic acids is 1. The molecule has 1 N–H and O–H groups in total. The lowest BCUT2D eigenvalue weighted by atomic mass is 9.95. The van der Waals surface area contributed by atoms with E-state index in [0.717, 1.165) is 37.4 Å². The predicted octanol–water partition coefficient (Wildman–Crippen LogP) is 2.34. The van der Waals surface area contributed by atoms with Crippen LogP contribution in [0.5, 0.6) is 0 Å². The van der Waals surface area contributed by atoms with Crippen molar-refractivity contribution in [3.63, 3.8) is 0 Å². The third-order valence-electron chi connectivity index (χ3n) is 3.88. The smallest absolute Gasteiger partial charge is 0.219 e. The molecule has 0 bridgehead atoms. The van der Waals surface area contributed by atoms with Crippen molar-refractivity contribution < 1.29 is 4.79 Å². The Labute approximate surface area is 129 Å². The van der Waals surface area contributed by atoms with E-state index in [9.17, 15) is 4.79 Å². The van der Waals surface area contributed by atoms with Crippen LogP contribution in [0.2, 0.25) is 0 Å². The van der Waals surface area contributed by atoms with Crippen LogP contribution in [-0.2, 0) is 4.79 Å². The molecule has 1 aliphatic heterocycles. The van der Waals surface area contributed by atoms with Crippen LogP contribution in [0.4, 0.5) is 11.6 Å². The monoisotopic (exact) mass is 297 g/mol. The van der Waals surface area contributed by atoms with Crippen LogP contribution >= 0.6 is 0 Å². The number of pyridine rings is 1. The minimum absolute atomic E-state index is 0.131. The normalized spacial score (nSPS) is 18.0. The fourth-order valence-corrected chi connectivity index (χ4v) is 2.69. The van der Waals surface area contributed by atoms with Gasteiger partial charge in [0.1, 0.15) is 11.6 Å². The summed E-state index contributed by atoms with van der Waals surface area (Å²) in [5.74, 6) is 1.81. The number of nitrogens with zero attached hydrogens (tertiary/aromatic N) is 4. The number of hydrogen-bond acceptors (Lipinski definition) is 5. The molecule has 6 nitrogen and oxygen atoms in total. The van der Waals surface area contributed by atoms with Crippen LogP contribution in [0.3, 0.4) is 0 Å². The molecule has 0 aromatic carbocycles. The van der Waals surface area contributed by atoms with E-state index >= 15 is 0 Å². The minimum atomic E-state index is 0.131. The number of amides is 1. The second-order valence-corrected chi connectivity index (χ2v) is 5.47. The fraction of sp³-hybridized carbons (Fsp3) is 0.375. The molecule has 22 heavy (non-hydrogen) atoms. The molecule has 1 saturated heterocycles. The summed E-state index contributed by atoms with van der Waals surface area (Å²) >= 11 is 0. The molecule has 2 aromatic rings. The molecule has 3 rings (SSSR count). The van der Waals surface area contributed by atoms with Crippen LogP contribution in [0.25, 0.3) is 0 Å². The Hall–Kier alpha value is -2.50. The topological polar surface area (TPSA) is 71.0 Å². The Kier molecular flexibility index (Phi) is 4.27. The van der Waals surface area contributed by atoms with Gasteiger partial charge in [-0.25, -0.2) is 9.97 Å². The molecular weight excluding hydrogens is 278 g/mol. The average Bonchev–Trinajstić information content (AvgIpc) is 2.56. The summed E-state index contributed by atoms with van der Waals surface area (Å²) in [6.07, 6.45) is 7.30. The number of piperidine rings is 1. The van der Waals surface area contributed by atoms with E-state index in [1.165, 1.54) is 0 Å². The Morgan fingerprint density at radius 1 is 1.23 bits per heavy atom. The predicted molar refractivity (Wildman–Crippen MR) is 83.8 cm³/mol. The molecule has 0 saturated carbocycles. The maximum atomic E-state index is 11.5. The summed E-state index contributed by atoms with van der Waals surface area (Å²) in [6.45, 7) is 3.20. The number of rotatable bonds is 3. The van der Waals surface area contributed by atoms with Gasteiger partial charge >= 0.3 is 0 Å². The lowest BCUT2D eigenvalue weighted by Gasteiger charge is -2.31. The molecule has 114 valence electrons. The highest BCUT2D eigenvalue weighted by atomic mass is 16.2. The van der Waals surface area contributed by atoms with Crippen molar-refractivity contribution in [1.82, 2.24) is 19.9 Å². The Balaban J connectivity index is 1.67. The first-order chi connectivity index (χ1) is 10.7. The van der Waals surface area contributed by atoms with Crippen molar-refractivity contribution in [2.24, 2.45) is 0 Å². The lowest BCUT2D eigenvalue weighted by molar-refractivity contribution is -0.130. The number of nitrogens with one attached hydrogen (secondary N) is 1. The zero-order valence-corrected chi connectivity index (χ0v) is 12.6. The second kappa shape index (κ2) is 6.51. The maximum absolute atomic E-state index is 11.5. The van der Waals surface area contributed by atoms with E-state index in [0.29, 0.717) is 5.82 Å². The standard InChI is InChI=1S/C16H19N5O/c1-12(22)21-8-4-5-13(11-21)14-9-19-16(10-18-14)20-15-6-2-3-7-17-15/h2-3,6-7,9-10,13H,4-5,8,11H2,1H3,(H,17,19,20)/t13-/m1/s1. The van der Waals surface area contributed by atoms with Crippen molar-refractivity contribution in [2.45, 2.75) is 25.7 Å². The van der Waals surface area contributed by atoms with Gasteiger partial charge in [0, 0.05) is 32.1 Å². The molecule has 1 aliphatic rings. The zero-order chi connectivity index (χ0) is 15.4. The van der Waals surface area contributed by atoms with Crippen LogP contribution in [0.1, 0.15) is 31.4 Å². The molecule has 1 amide bonds. The van der Waals surface area contributed by atoms with Gasteiger partial charge in [-0.15, -0.1) is 0 Å². The third kappa shape index (κ3) is 3.39. The highest BCUT2D eigenvalue weighted by Crippen LogP contribution is 2.25. The van der Waals surface area contributed by atoms with E-state index in [1.54, 1.807) is 25.5 Å². The summed E-state index contributed by atoms with van der Waals surface area (Å²) in [5, 5.41) is 3.11. The van der Waals surface area contributed by atoms with Crippen LogP contribution < -0.4 is 5.32 Å². The fourth-order valence-electron chi connectivity index (χ4n) is 2.69. The van der Waals surface area contributed by atoms with Gasteiger partial charge in [-0.1, -0.05) is 6.07 Å². The zero-order valence-electron chi connectivity index (χ0n) is 12.6. The van der Waals surface area contributed by atoms with Crippen molar-refractivity contribution in [1.29, 1.82) is 0 Å². The maximum Gasteiger partial charge on any atom is 0.219 e. The molecule has 0 aliphatic carbocycles. The Morgan fingerprint density at radius 3 is 2.82 bits per heavy atom. The van der Waals surface area contributed by atoms with Gasteiger partial charge in [-0.2, -0.15) is 0 Å². The van der Waals surface area contributed by atoms with E-state index in [1.807, 2.05) is 23.1 Å². The molecule has 1 atom stereocenters. The van der Waals surface area contributed by atoms with E-state index in [2.05, 4.69) is 20.3 Å². The van der Waals surface area contributed by atoms with Crippen molar-refractivity contribution >= 4 is 17.5 Å². The highest BCUT2D eigenvalue weighted by Gasteiger charge is 2.23. The van der Waals surface area contributed by atoms with Crippen LogP contribution in [0, 0.1) is 0 Å². The molecule has 3 heterocycles. The summed E-state index contributed by atoms with van der Waals surface area (Å²) < 4.78 is 0. The summed E-state index contributed by atoms with van der Waals surface area (Å²) in [6, 6.07) is 5.65. The largest absolute Gasteiger partial charge is 0.342 e. The molecule has 0 spiro atoms. The summed E-state index contributed by atoms with van der Waals surface area (Å²) in [7, 11) is 0. The number of aromatic nitrogens is 3. The molecule has 0 unspecified atom stereocenters. The van der Waals surface area contributed by atoms with Crippen molar-refractivity contribution in [3.8, 4) is 0 Å². The third-order valence-corrected chi connectivity index (χ3v) is 3.88. The van der Waals surface area contributed by atoms with Crippen molar-refractivity contribution in [2.75, 3.05) is 18.4 Å². The summed E-state index contributed by atoms with van der Waals surface area (Å²) in [5.41, 5.74) is 0.942. The van der Waals surface area contributed by atoms with Gasteiger partial charge in [-0.3, -0.25) is 9.78 Å². The van der Waals surface area contributed by atoms with E-state index < -0.39 is 0 Å². The minimum Gasteiger partial charge on any atom is -0.342 e. The van der Waals surface area contributed by atoms with Crippen LogP contribution in [0.15, 0.2) is 36.8 Å². The first kappa shape index (κ1) is 14.4. The molecule has 2 aromatic heterocycles. The summed E-state index contributed by atoms with van der Waals surface area (Å²) in [4.78, 5) is 26.5. The number of hydrogen-bond donors (Lipinski definition) is 1. The van der Waals surface area contributed by atoms with Crippen LogP contribution in [-0.4, -0.2) is 38.8 Å². The average molecular weight is 297 g/mol. The molecule has 0 radical (unpaired) electrons. The van der Waals surface area contributed by atoms with Gasteiger partial charge in [0.05, 0.1) is 18.1 Å². The van der Waals surface area contributed by atoms with E-state index in [4.69, 9.17) is 0 Å². The molecule has 1 fully saturated rings.